The summed E-state index contributed by atoms with van der Waals surface area (Å²) in [6, 6.07) is 0. The molecule has 0 radical (unpaired) electrons. The number of aliphatic hydroxyl groups excluding tert-OH is 5. The lowest BCUT2D eigenvalue weighted by Crippen LogP contribution is -2.49. The largest absolute Gasteiger partial charge is 0.394 e. The molecule has 0 fully saturated rings. The molecule has 0 saturated carbocycles. The predicted molar refractivity (Wildman–Crippen MR) is 86.7 cm³/mol. The molecule has 0 aliphatic carbocycles. The lowest BCUT2D eigenvalue weighted by molar-refractivity contribution is -0.138. The Morgan fingerprint density at radius 3 is 2.00 bits per heavy atom. The van der Waals surface area contributed by atoms with Crippen LogP contribution in [0.2, 0.25) is 0 Å². The Morgan fingerprint density at radius 1 is 0.913 bits per heavy atom. The third kappa shape index (κ3) is 9.22. The van der Waals surface area contributed by atoms with Crippen molar-refractivity contribution in [3.05, 3.63) is 0 Å². The Balaban J connectivity index is 4.05. The van der Waals surface area contributed by atoms with Gasteiger partial charge in [-0.05, 0) is 6.42 Å². The van der Waals surface area contributed by atoms with Crippen LogP contribution in [0, 0.1) is 0 Å². The molecule has 7 nitrogen and oxygen atoms in total. The average molecular weight is 335 g/mol. The maximum absolute atomic E-state index is 11.9. The fourth-order valence-electron chi connectivity index (χ4n) is 2.30. The van der Waals surface area contributed by atoms with Gasteiger partial charge in [-0.2, -0.15) is 0 Å². The number of unbranched alkanes of at least 4 members (excludes halogenated alkanes) is 5. The van der Waals surface area contributed by atoms with Crippen LogP contribution < -0.4 is 0 Å². The fourth-order valence-corrected chi connectivity index (χ4v) is 2.30. The minimum absolute atomic E-state index is 0.135. The van der Waals surface area contributed by atoms with Crippen molar-refractivity contribution in [2.45, 2.75) is 76.3 Å². The van der Waals surface area contributed by atoms with Crippen molar-refractivity contribution in [3.8, 4) is 0 Å². The smallest absolute Gasteiger partial charge is 0.222 e. The number of aliphatic hydroxyl groups is 5. The third-order valence-electron chi connectivity index (χ3n) is 3.96. The van der Waals surface area contributed by atoms with E-state index >= 15 is 0 Å². The Bertz CT molecular complexity index is 315. The van der Waals surface area contributed by atoms with E-state index in [0.717, 1.165) is 19.3 Å². The van der Waals surface area contributed by atoms with E-state index in [1.807, 2.05) is 0 Å². The maximum atomic E-state index is 11.9. The van der Waals surface area contributed by atoms with Gasteiger partial charge >= 0.3 is 0 Å². The molecule has 5 N–H and O–H groups in total. The van der Waals surface area contributed by atoms with Crippen molar-refractivity contribution in [1.82, 2.24) is 4.90 Å². The van der Waals surface area contributed by atoms with Crippen molar-refractivity contribution in [3.63, 3.8) is 0 Å². The van der Waals surface area contributed by atoms with E-state index in [1.54, 1.807) is 0 Å². The molecule has 138 valence electrons. The molecule has 0 aromatic heterocycles. The zero-order chi connectivity index (χ0) is 17.8. The van der Waals surface area contributed by atoms with Crippen LogP contribution in [0.25, 0.3) is 0 Å². The molecule has 0 unspecified atom stereocenters. The second-order valence-electron chi connectivity index (χ2n) is 6.09. The molecule has 0 aromatic rings. The molecule has 0 aromatic carbocycles. The maximum Gasteiger partial charge on any atom is 0.222 e. The summed E-state index contributed by atoms with van der Waals surface area (Å²) in [5.74, 6) is -0.135. The molecule has 4 atom stereocenters. The summed E-state index contributed by atoms with van der Waals surface area (Å²) in [5, 5.41) is 47.0. The van der Waals surface area contributed by atoms with Gasteiger partial charge in [-0.15, -0.1) is 0 Å². The molecule has 0 saturated heterocycles. The normalized spacial score (nSPS) is 16.7. The molecule has 0 aliphatic heterocycles. The van der Waals surface area contributed by atoms with Gasteiger partial charge < -0.3 is 30.4 Å². The summed E-state index contributed by atoms with van der Waals surface area (Å²) < 4.78 is 0. The minimum atomic E-state index is -1.67. The summed E-state index contributed by atoms with van der Waals surface area (Å²) in [6.07, 6.45) is 0.593. The number of hydrogen-bond donors (Lipinski definition) is 5. The average Bonchev–Trinajstić information content (AvgIpc) is 2.55. The molecule has 0 rings (SSSR count). The molecule has 7 heteroatoms. The van der Waals surface area contributed by atoms with Gasteiger partial charge in [0, 0.05) is 20.0 Å². The molecule has 0 aliphatic rings. The van der Waals surface area contributed by atoms with Crippen LogP contribution in [0.15, 0.2) is 0 Å². The molecular formula is C16H33NO6. The van der Waals surface area contributed by atoms with Gasteiger partial charge in [0.25, 0.3) is 0 Å². The quantitative estimate of drug-likeness (QED) is 0.293. The fraction of sp³-hybridized carbons (Fsp3) is 0.938. The van der Waals surface area contributed by atoms with Crippen molar-refractivity contribution >= 4 is 5.91 Å². The molecule has 0 heterocycles. The topological polar surface area (TPSA) is 121 Å². The first-order valence-electron chi connectivity index (χ1n) is 8.42. The Hall–Kier alpha value is -0.730. The number of amides is 1. The molecule has 0 bridgehead atoms. The molecule has 0 spiro atoms. The van der Waals surface area contributed by atoms with E-state index < -0.39 is 31.0 Å². The highest BCUT2D eigenvalue weighted by Gasteiger charge is 2.31. The van der Waals surface area contributed by atoms with E-state index in [-0.39, 0.29) is 12.5 Å². The van der Waals surface area contributed by atoms with E-state index in [9.17, 15) is 25.2 Å². The summed E-state index contributed by atoms with van der Waals surface area (Å²) in [7, 11) is 1.52. The van der Waals surface area contributed by atoms with Crippen molar-refractivity contribution in [1.29, 1.82) is 0 Å². The number of rotatable bonds is 13. The van der Waals surface area contributed by atoms with Crippen LogP contribution in [0.3, 0.4) is 0 Å². The van der Waals surface area contributed by atoms with Gasteiger partial charge in [0.2, 0.25) is 5.91 Å². The highest BCUT2D eigenvalue weighted by molar-refractivity contribution is 5.75. The second kappa shape index (κ2) is 12.7. The number of hydrogen-bond acceptors (Lipinski definition) is 6. The SMILES string of the molecule is CCCCCCCCC(=O)N(C)C[C@H](O)[C@H](O)[C@@H](O)[C@H](O)CO. The number of likely N-dealkylation sites (N-methyl/N-ethyl adjacent to an activating group) is 1. The first-order valence-corrected chi connectivity index (χ1v) is 8.42. The van der Waals surface area contributed by atoms with E-state index in [4.69, 9.17) is 5.11 Å². The highest BCUT2D eigenvalue weighted by Crippen LogP contribution is 2.10. The number of carbonyl (C=O) groups is 1. The van der Waals surface area contributed by atoms with Gasteiger partial charge in [-0.25, -0.2) is 0 Å². The van der Waals surface area contributed by atoms with Gasteiger partial charge in [0.15, 0.2) is 0 Å². The zero-order valence-electron chi connectivity index (χ0n) is 14.3. The highest BCUT2D eigenvalue weighted by atomic mass is 16.4. The second-order valence-corrected chi connectivity index (χ2v) is 6.09. The summed E-state index contributed by atoms with van der Waals surface area (Å²) in [6.45, 7) is 1.28. The van der Waals surface area contributed by atoms with Crippen LogP contribution in [0.4, 0.5) is 0 Å². The summed E-state index contributed by atoms with van der Waals surface area (Å²) >= 11 is 0. The summed E-state index contributed by atoms with van der Waals surface area (Å²) in [4.78, 5) is 13.2. The first kappa shape index (κ1) is 22.3. The predicted octanol–water partition coefficient (Wildman–Crippen LogP) is -0.369. The van der Waals surface area contributed by atoms with Crippen molar-refractivity contribution < 1.29 is 30.3 Å². The van der Waals surface area contributed by atoms with Gasteiger partial charge in [0.05, 0.1) is 6.61 Å². The van der Waals surface area contributed by atoms with Crippen molar-refractivity contribution in [2.75, 3.05) is 20.2 Å². The minimum Gasteiger partial charge on any atom is -0.394 e. The van der Waals surface area contributed by atoms with Gasteiger partial charge in [0.1, 0.15) is 24.4 Å². The van der Waals surface area contributed by atoms with E-state index in [0.29, 0.717) is 6.42 Å². The van der Waals surface area contributed by atoms with Gasteiger partial charge in [-0.3, -0.25) is 4.79 Å². The number of carbonyl (C=O) groups excluding carboxylic acids is 1. The Kier molecular flexibility index (Phi) is 12.3. The zero-order valence-corrected chi connectivity index (χ0v) is 14.3. The van der Waals surface area contributed by atoms with Crippen LogP contribution in [0.5, 0.6) is 0 Å². The summed E-state index contributed by atoms with van der Waals surface area (Å²) in [5.41, 5.74) is 0. The molecule has 1 amide bonds. The standard InChI is InChI=1S/C16H33NO6/c1-3-4-5-6-7-8-9-14(21)17(2)10-12(19)15(22)16(23)13(20)11-18/h12-13,15-16,18-20,22-23H,3-11H2,1-2H3/t12-,13+,15-,16-/m0/s1. The molecule has 23 heavy (non-hydrogen) atoms. The van der Waals surface area contributed by atoms with Gasteiger partial charge in [-0.1, -0.05) is 39.0 Å². The molecular weight excluding hydrogens is 302 g/mol. The number of nitrogens with zero attached hydrogens (tertiary/aromatic N) is 1. The Morgan fingerprint density at radius 2 is 1.43 bits per heavy atom. The van der Waals surface area contributed by atoms with Crippen LogP contribution >= 0.6 is 0 Å². The van der Waals surface area contributed by atoms with E-state index in [2.05, 4.69) is 6.92 Å². The van der Waals surface area contributed by atoms with Crippen molar-refractivity contribution in [2.24, 2.45) is 0 Å². The van der Waals surface area contributed by atoms with Crippen LogP contribution in [0.1, 0.15) is 51.9 Å². The lowest BCUT2D eigenvalue weighted by Gasteiger charge is -2.28. The van der Waals surface area contributed by atoms with Crippen LogP contribution in [-0.2, 0) is 4.79 Å². The lowest BCUT2D eigenvalue weighted by atomic mass is 10.0. The third-order valence-corrected chi connectivity index (χ3v) is 3.96. The Labute approximate surface area is 138 Å². The van der Waals surface area contributed by atoms with Crippen LogP contribution in [-0.4, -0.2) is 81.0 Å². The van der Waals surface area contributed by atoms with E-state index in [1.165, 1.54) is 31.2 Å². The first-order chi connectivity index (χ1) is 10.8. The monoisotopic (exact) mass is 335 g/mol.